The monoisotopic (exact) mass is 305 g/mol. The molecule has 0 spiro atoms. The molecule has 0 atom stereocenters. The molecule has 0 unspecified atom stereocenters. The largest absolute Gasteiger partial charge is 0.476 e. The van der Waals surface area contributed by atoms with Gasteiger partial charge in [-0.25, -0.2) is 14.8 Å². The van der Waals surface area contributed by atoms with E-state index in [9.17, 15) is 4.79 Å². The minimum Gasteiger partial charge on any atom is -0.476 e. The van der Waals surface area contributed by atoms with E-state index in [2.05, 4.69) is 9.97 Å². The summed E-state index contributed by atoms with van der Waals surface area (Å²) in [4.78, 5) is 19.6. The van der Waals surface area contributed by atoms with Crippen LogP contribution in [0.4, 0.5) is 5.69 Å². The van der Waals surface area contributed by atoms with Gasteiger partial charge in [-0.15, -0.1) is 11.3 Å². The number of carboxylic acids is 1. The van der Waals surface area contributed by atoms with Gasteiger partial charge < -0.3 is 10.8 Å². The van der Waals surface area contributed by atoms with Crippen LogP contribution in [0.1, 0.15) is 10.5 Å². The van der Waals surface area contributed by atoms with Crippen LogP contribution in [-0.2, 0) is 0 Å². The molecule has 0 saturated carbocycles. The maximum Gasteiger partial charge on any atom is 0.356 e. The Morgan fingerprint density at radius 1 is 1.30 bits per heavy atom. The predicted octanol–water partition coefficient (Wildman–Crippen LogP) is 3.29. The van der Waals surface area contributed by atoms with E-state index in [0.717, 1.165) is 10.2 Å². The number of thiazole rings is 1. The average molecular weight is 306 g/mol. The second kappa shape index (κ2) is 4.73. The summed E-state index contributed by atoms with van der Waals surface area (Å²) in [6, 6.07) is 9.15. The lowest BCUT2D eigenvalue weighted by atomic mass is 10.2. The molecule has 3 aromatic rings. The molecule has 0 saturated heterocycles. The number of carbonyl (C=O) groups is 1. The van der Waals surface area contributed by atoms with Gasteiger partial charge >= 0.3 is 5.97 Å². The standard InChI is InChI=1S/C13H8ClN3O2S/c14-10-6(15)5-8(16-11(10)13(18)19)12-17-7-3-1-2-4-9(7)20-12/h1-5H,(H2,15,16)(H,18,19). The van der Waals surface area contributed by atoms with Crippen LogP contribution in [-0.4, -0.2) is 21.0 Å². The third-order valence-corrected chi connectivity index (χ3v) is 4.16. The Morgan fingerprint density at radius 3 is 2.75 bits per heavy atom. The first-order valence-corrected chi connectivity index (χ1v) is 6.81. The molecule has 0 aliphatic carbocycles. The molecule has 100 valence electrons. The number of nitrogen functional groups attached to an aromatic ring is 1. The van der Waals surface area contributed by atoms with Crippen LogP contribution in [0.25, 0.3) is 20.9 Å². The Kier molecular flexibility index (Phi) is 3.04. The third kappa shape index (κ3) is 2.09. The van der Waals surface area contributed by atoms with Crippen molar-refractivity contribution in [3.8, 4) is 10.7 Å². The lowest BCUT2D eigenvalue weighted by Gasteiger charge is -2.04. The van der Waals surface area contributed by atoms with Gasteiger partial charge in [-0.1, -0.05) is 23.7 Å². The lowest BCUT2D eigenvalue weighted by Crippen LogP contribution is -2.05. The molecule has 2 aromatic heterocycles. The van der Waals surface area contributed by atoms with Crippen LogP contribution in [0.2, 0.25) is 5.02 Å². The van der Waals surface area contributed by atoms with Gasteiger partial charge in [-0.3, -0.25) is 0 Å². The van der Waals surface area contributed by atoms with Crippen molar-refractivity contribution < 1.29 is 9.90 Å². The summed E-state index contributed by atoms with van der Waals surface area (Å²) in [6.07, 6.45) is 0. The second-order valence-electron chi connectivity index (χ2n) is 4.05. The van der Waals surface area contributed by atoms with E-state index >= 15 is 0 Å². The van der Waals surface area contributed by atoms with Gasteiger partial charge in [0.05, 0.1) is 20.9 Å². The number of para-hydroxylation sites is 1. The molecule has 2 heterocycles. The van der Waals surface area contributed by atoms with Crippen LogP contribution in [0.15, 0.2) is 30.3 Å². The zero-order valence-electron chi connectivity index (χ0n) is 10.0. The Bertz CT molecular complexity index is 799. The van der Waals surface area contributed by atoms with E-state index in [0.29, 0.717) is 10.7 Å². The molecule has 0 radical (unpaired) electrons. The highest BCUT2D eigenvalue weighted by atomic mass is 35.5. The van der Waals surface area contributed by atoms with Crippen LogP contribution in [0.3, 0.4) is 0 Å². The van der Waals surface area contributed by atoms with Crippen molar-refractivity contribution in [1.29, 1.82) is 0 Å². The SMILES string of the molecule is Nc1cc(-c2nc3ccccc3s2)nc(C(=O)O)c1Cl. The molecule has 0 aliphatic rings. The number of aromatic carboxylic acids is 1. The van der Waals surface area contributed by atoms with Crippen LogP contribution < -0.4 is 5.73 Å². The molecule has 3 rings (SSSR count). The minimum atomic E-state index is -1.22. The number of nitrogens with two attached hydrogens (primary N) is 1. The van der Waals surface area contributed by atoms with Gasteiger partial charge in [0, 0.05) is 0 Å². The number of nitrogens with zero attached hydrogens (tertiary/aromatic N) is 2. The van der Waals surface area contributed by atoms with Crippen molar-refractivity contribution >= 4 is 44.8 Å². The molecule has 7 heteroatoms. The summed E-state index contributed by atoms with van der Waals surface area (Å²) >= 11 is 7.26. The summed E-state index contributed by atoms with van der Waals surface area (Å²) < 4.78 is 0.995. The number of hydrogen-bond donors (Lipinski definition) is 2. The van der Waals surface area contributed by atoms with E-state index in [4.69, 9.17) is 22.4 Å². The maximum atomic E-state index is 11.1. The van der Waals surface area contributed by atoms with Crippen molar-refractivity contribution in [2.75, 3.05) is 5.73 Å². The first kappa shape index (κ1) is 12.8. The Balaban J connectivity index is 2.21. The van der Waals surface area contributed by atoms with Crippen molar-refractivity contribution in [2.24, 2.45) is 0 Å². The van der Waals surface area contributed by atoms with E-state index < -0.39 is 5.97 Å². The van der Waals surface area contributed by atoms with E-state index in [-0.39, 0.29) is 16.4 Å². The zero-order chi connectivity index (χ0) is 14.3. The molecule has 5 nitrogen and oxygen atoms in total. The Morgan fingerprint density at radius 2 is 2.05 bits per heavy atom. The van der Waals surface area contributed by atoms with Crippen molar-refractivity contribution in [1.82, 2.24) is 9.97 Å². The molecule has 0 bridgehead atoms. The summed E-state index contributed by atoms with van der Waals surface area (Å²) in [5, 5.41) is 9.64. The highest BCUT2D eigenvalue weighted by Crippen LogP contribution is 2.32. The maximum absolute atomic E-state index is 11.1. The molecule has 1 aromatic carbocycles. The van der Waals surface area contributed by atoms with Crippen molar-refractivity contribution in [3.05, 3.63) is 41.0 Å². The molecule has 20 heavy (non-hydrogen) atoms. The smallest absolute Gasteiger partial charge is 0.356 e. The molecular weight excluding hydrogens is 298 g/mol. The first-order valence-electron chi connectivity index (χ1n) is 5.61. The van der Waals surface area contributed by atoms with Gasteiger partial charge in [0.1, 0.15) is 10.7 Å². The Hall–Kier alpha value is -2.18. The minimum absolute atomic E-state index is 0.0534. The van der Waals surface area contributed by atoms with Gasteiger partial charge in [0.15, 0.2) is 5.69 Å². The predicted molar refractivity (Wildman–Crippen MR) is 79.2 cm³/mol. The molecule has 0 aliphatic heterocycles. The summed E-state index contributed by atoms with van der Waals surface area (Å²) in [6.45, 7) is 0. The van der Waals surface area contributed by atoms with E-state index in [1.54, 1.807) is 0 Å². The number of rotatable bonds is 2. The third-order valence-electron chi connectivity index (χ3n) is 2.70. The van der Waals surface area contributed by atoms with E-state index in [1.165, 1.54) is 17.4 Å². The van der Waals surface area contributed by atoms with Crippen LogP contribution in [0.5, 0.6) is 0 Å². The highest BCUT2D eigenvalue weighted by molar-refractivity contribution is 7.21. The fourth-order valence-electron chi connectivity index (χ4n) is 1.78. The van der Waals surface area contributed by atoms with Crippen LogP contribution in [0, 0.1) is 0 Å². The fourth-order valence-corrected chi connectivity index (χ4v) is 2.89. The van der Waals surface area contributed by atoms with E-state index in [1.807, 2.05) is 24.3 Å². The van der Waals surface area contributed by atoms with Gasteiger partial charge in [-0.2, -0.15) is 0 Å². The summed E-state index contributed by atoms with van der Waals surface area (Å²) in [5.74, 6) is -1.22. The van der Waals surface area contributed by atoms with Gasteiger partial charge in [-0.05, 0) is 18.2 Å². The molecule has 3 N–H and O–H groups in total. The van der Waals surface area contributed by atoms with Crippen molar-refractivity contribution in [3.63, 3.8) is 0 Å². The molecule has 0 amide bonds. The van der Waals surface area contributed by atoms with Crippen molar-refractivity contribution in [2.45, 2.75) is 0 Å². The second-order valence-corrected chi connectivity index (χ2v) is 5.46. The molecular formula is C13H8ClN3O2S. The number of aromatic nitrogens is 2. The quantitative estimate of drug-likeness (QED) is 0.758. The van der Waals surface area contributed by atoms with Gasteiger partial charge in [0.25, 0.3) is 0 Å². The van der Waals surface area contributed by atoms with Gasteiger partial charge in [0.2, 0.25) is 0 Å². The number of pyridine rings is 1. The number of halogens is 1. The normalized spacial score (nSPS) is 10.8. The number of carboxylic acid groups (broad SMARTS) is 1. The lowest BCUT2D eigenvalue weighted by molar-refractivity contribution is 0.0691. The summed E-state index contributed by atoms with van der Waals surface area (Å²) in [7, 11) is 0. The number of benzene rings is 1. The summed E-state index contributed by atoms with van der Waals surface area (Å²) in [5.41, 5.74) is 6.88. The molecule has 0 fully saturated rings. The zero-order valence-corrected chi connectivity index (χ0v) is 11.6. The number of anilines is 1. The van der Waals surface area contributed by atoms with Crippen LogP contribution >= 0.6 is 22.9 Å². The Labute approximate surface area is 122 Å². The highest BCUT2D eigenvalue weighted by Gasteiger charge is 2.17. The fraction of sp³-hybridized carbons (Fsp3) is 0. The average Bonchev–Trinajstić information content (AvgIpc) is 2.85. The number of hydrogen-bond acceptors (Lipinski definition) is 5. The topological polar surface area (TPSA) is 89.1 Å². The number of fused-ring (bicyclic) bond motifs is 1. The first-order chi connectivity index (χ1) is 9.56.